The van der Waals surface area contributed by atoms with Gasteiger partial charge in [-0.3, -0.25) is 9.48 Å². The standard InChI is InChI=1S/C15H12ClN3O2/c16-12-5-2-1-4-11(12)10-19-8-7-14(18-19)17-15(20)13-6-3-9-21-13/h1-9H,10H2,(H,17,18,20). The number of nitrogens with one attached hydrogen (secondary N) is 1. The maximum atomic E-state index is 11.8. The summed E-state index contributed by atoms with van der Waals surface area (Å²) in [5.74, 6) is 0.377. The van der Waals surface area contributed by atoms with Crippen molar-refractivity contribution in [1.82, 2.24) is 9.78 Å². The molecule has 2 aromatic heterocycles. The van der Waals surface area contributed by atoms with E-state index in [0.717, 1.165) is 5.56 Å². The van der Waals surface area contributed by atoms with Gasteiger partial charge in [-0.2, -0.15) is 5.10 Å². The summed E-state index contributed by atoms with van der Waals surface area (Å²) in [5, 5.41) is 7.64. The molecule has 3 aromatic rings. The molecule has 0 bridgehead atoms. The van der Waals surface area contributed by atoms with Crippen LogP contribution in [0.1, 0.15) is 16.1 Å². The predicted octanol–water partition coefficient (Wildman–Crippen LogP) is 3.43. The zero-order chi connectivity index (χ0) is 14.7. The van der Waals surface area contributed by atoms with Crippen molar-refractivity contribution in [2.75, 3.05) is 5.32 Å². The van der Waals surface area contributed by atoms with Crippen molar-refractivity contribution in [1.29, 1.82) is 0 Å². The van der Waals surface area contributed by atoms with E-state index in [1.807, 2.05) is 24.3 Å². The molecule has 5 nitrogen and oxygen atoms in total. The molecule has 0 saturated carbocycles. The molecule has 0 unspecified atom stereocenters. The molecular weight excluding hydrogens is 290 g/mol. The summed E-state index contributed by atoms with van der Waals surface area (Å²) in [4.78, 5) is 11.8. The SMILES string of the molecule is O=C(Nc1ccn(Cc2ccccc2Cl)n1)c1ccco1. The van der Waals surface area contributed by atoms with Crippen molar-refractivity contribution >= 4 is 23.3 Å². The first-order chi connectivity index (χ1) is 10.2. The van der Waals surface area contributed by atoms with Crippen molar-refractivity contribution in [2.45, 2.75) is 6.54 Å². The van der Waals surface area contributed by atoms with E-state index in [-0.39, 0.29) is 11.7 Å². The molecule has 1 N–H and O–H groups in total. The largest absolute Gasteiger partial charge is 0.459 e. The van der Waals surface area contributed by atoms with Crippen LogP contribution in [0.4, 0.5) is 5.82 Å². The lowest BCUT2D eigenvalue weighted by atomic mass is 10.2. The highest BCUT2D eigenvalue weighted by Gasteiger charge is 2.10. The van der Waals surface area contributed by atoms with E-state index in [4.69, 9.17) is 16.0 Å². The molecule has 0 aliphatic heterocycles. The van der Waals surface area contributed by atoms with Gasteiger partial charge in [0.25, 0.3) is 5.91 Å². The lowest BCUT2D eigenvalue weighted by Gasteiger charge is -2.04. The highest BCUT2D eigenvalue weighted by molar-refractivity contribution is 6.31. The fourth-order valence-corrected chi connectivity index (χ4v) is 2.10. The summed E-state index contributed by atoms with van der Waals surface area (Å²) in [6.07, 6.45) is 3.23. The van der Waals surface area contributed by atoms with Crippen molar-refractivity contribution in [3.05, 3.63) is 71.3 Å². The van der Waals surface area contributed by atoms with Crippen LogP contribution in [-0.2, 0) is 6.54 Å². The molecule has 0 fully saturated rings. The van der Waals surface area contributed by atoms with Crippen LogP contribution >= 0.6 is 11.6 Å². The molecule has 0 atom stereocenters. The van der Waals surface area contributed by atoms with Gasteiger partial charge in [0.15, 0.2) is 11.6 Å². The van der Waals surface area contributed by atoms with Crippen LogP contribution in [0.3, 0.4) is 0 Å². The summed E-state index contributed by atoms with van der Waals surface area (Å²) in [6.45, 7) is 0.538. The van der Waals surface area contributed by atoms with E-state index < -0.39 is 0 Å². The number of aromatic nitrogens is 2. The van der Waals surface area contributed by atoms with Crippen LogP contribution in [0.5, 0.6) is 0 Å². The Labute approximate surface area is 126 Å². The van der Waals surface area contributed by atoms with Crippen LogP contribution in [0.25, 0.3) is 0 Å². The molecule has 0 aliphatic rings. The molecule has 0 radical (unpaired) electrons. The first-order valence-corrected chi connectivity index (χ1v) is 6.72. The van der Waals surface area contributed by atoms with Crippen molar-refractivity contribution < 1.29 is 9.21 Å². The Morgan fingerprint density at radius 2 is 2.10 bits per heavy atom. The van der Waals surface area contributed by atoms with E-state index in [9.17, 15) is 4.79 Å². The second-order valence-electron chi connectivity index (χ2n) is 4.42. The van der Waals surface area contributed by atoms with Gasteiger partial charge in [0.2, 0.25) is 0 Å². The zero-order valence-corrected chi connectivity index (χ0v) is 11.7. The summed E-state index contributed by atoms with van der Waals surface area (Å²) in [6, 6.07) is 12.5. The van der Waals surface area contributed by atoms with E-state index >= 15 is 0 Å². The molecule has 1 amide bonds. The number of nitrogens with zero attached hydrogens (tertiary/aromatic N) is 2. The van der Waals surface area contributed by atoms with E-state index in [1.54, 1.807) is 29.1 Å². The lowest BCUT2D eigenvalue weighted by molar-refractivity contribution is 0.0996. The Morgan fingerprint density at radius 3 is 2.86 bits per heavy atom. The topological polar surface area (TPSA) is 60.1 Å². The number of furan rings is 1. The molecule has 0 saturated heterocycles. The van der Waals surface area contributed by atoms with E-state index in [0.29, 0.717) is 17.4 Å². The quantitative estimate of drug-likeness (QED) is 0.803. The average molecular weight is 302 g/mol. The number of hydrogen-bond acceptors (Lipinski definition) is 3. The predicted molar refractivity (Wildman–Crippen MR) is 79.4 cm³/mol. The van der Waals surface area contributed by atoms with Gasteiger partial charge in [0.05, 0.1) is 12.8 Å². The van der Waals surface area contributed by atoms with Crippen LogP contribution in [0, 0.1) is 0 Å². The first kappa shape index (κ1) is 13.5. The van der Waals surface area contributed by atoms with Crippen LogP contribution in [0.15, 0.2) is 59.3 Å². The third-order valence-corrected chi connectivity index (χ3v) is 3.29. The summed E-state index contributed by atoms with van der Waals surface area (Å²) in [5.41, 5.74) is 0.964. The van der Waals surface area contributed by atoms with Crippen LogP contribution in [0.2, 0.25) is 5.02 Å². The number of halogens is 1. The minimum atomic E-state index is -0.331. The van der Waals surface area contributed by atoms with Crippen molar-refractivity contribution in [3.8, 4) is 0 Å². The maximum Gasteiger partial charge on any atom is 0.292 e. The highest BCUT2D eigenvalue weighted by Crippen LogP contribution is 2.16. The molecule has 6 heteroatoms. The summed E-state index contributed by atoms with van der Waals surface area (Å²) >= 11 is 6.11. The number of rotatable bonds is 4. The molecular formula is C15H12ClN3O2. The van der Waals surface area contributed by atoms with Gasteiger partial charge in [0.1, 0.15) is 0 Å². The van der Waals surface area contributed by atoms with Gasteiger partial charge >= 0.3 is 0 Å². The summed E-state index contributed by atoms with van der Waals surface area (Å²) in [7, 11) is 0. The number of anilines is 1. The first-order valence-electron chi connectivity index (χ1n) is 6.34. The van der Waals surface area contributed by atoms with Gasteiger partial charge < -0.3 is 9.73 Å². The monoisotopic (exact) mass is 301 g/mol. The van der Waals surface area contributed by atoms with Crippen molar-refractivity contribution in [3.63, 3.8) is 0 Å². The third kappa shape index (κ3) is 3.14. The molecule has 21 heavy (non-hydrogen) atoms. The molecule has 0 aliphatic carbocycles. The zero-order valence-electron chi connectivity index (χ0n) is 11.0. The number of benzene rings is 1. The maximum absolute atomic E-state index is 11.8. The molecule has 0 spiro atoms. The second-order valence-corrected chi connectivity index (χ2v) is 4.83. The number of carbonyl (C=O) groups excluding carboxylic acids is 1. The summed E-state index contributed by atoms with van der Waals surface area (Å²) < 4.78 is 6.73. The van der Waals surface area contributed by atoms with Gasteiger partial charge in [0, 0.05) is 17.3 Å². The average Bonchev–Trinajstić information content (AvgIpc) is 3.13. The second kappa shape index (κ2) is 5.85. The van der Waals surface area contributed by atoms with Gasteiger partial charge in [-0.15, -0.1) is 0 Å². The minimum Gasteiger partial charge on any atom is -0.459 e. The van der Waals surface area contributed by atoms with E-state index in [1.165, 1.54) is 6.26 Å². The van der Waals surface area contributed by atoms with Gasteiger partial charge in [-0.1, -0.05) is 29.8 Å². The third-order valence-electron chi connectivity index (χ3n) is 2.92. The Morgan fingerprint density at radius 1 is 1.24 bits per heavy atom. The van der Waals surface area contributed by atoms with E-state index in [2.05, 4.69) is 10.4 Å². The minimum absolute atomic E-state index is 0.246. The van der Waals surface area contributed by atoms with Crippen molar-refractivity contribution in [2.24, 2.45) is 0 Å². The number of carbonyl (C=O) groups is 1. The highest BCUT2D eigenvalue weighted by atomic mass is 35.5. The van der Waals surface area contributed by atoms with Crippen LogP contribution < -0.4 is 5.32 Å². The molecule has 2 heterocycles. The molecule has 3 rings (SSSR count). The molecule has 1 aromatic carbocycles. The Kier molecular flexibility index (Phi) is 3.75. The van der Waals surface area contributed by atoms with Gasteiger partial charge in [-0.05, 0) is 23.8 Å². The Bertz CT molecular complexity index is 750. The van der Waals surface area contributed by atoms with Gasteiger partial charge in [-0.25, -0.2) is 0 Å². The number of amides is 1. The normalized spacial score (nSPS) is 10.5. The smallest absolute Gasteiger partial charge is 0.292 e. The van der Waals surface area contributed by atoms with Crippen LogP contribution in [-0.4, -0.2) is 15.7 Å². The molecule has 106 valence electrons. The Balaban J connectivity index is 1.69. The number of hydrogen-bond donors (Lipinski definition) is 1. The Hall–Kier alpha value is -2.53. The lowest BCUT2D eigenvalue weighted by Crippen LogP contribution is -2.12. The fraction of sp³-hybridized carbons (Fsp3) is 0.0667. The fourth-order valence-electron chi connectivity index (χ4n) is 1.90.